The fourth-order valence-electron chi connectivity index (χ4n) is 0.527. The largest absolute Gasteiger partial charge is 0.466 e. The first-order chi connectivity index (χ1) is 7.86. The Hall–Kier alpha value is -1.62. The molecule has 0 rings (SSSR count). The SMILES string of the molecule is C=C(C)C(=O)OC.C=C(C)C(=O)OCCCO. The van der Waals surface area contributed by atoms with Crippen LogP contribution in [0.4, 0.5) is 0 Å². The molecule has 0 atom stereocenters. The van der Waals surface area contributed by atoms with Gasteiger partial charge in [-0.1, -0.05) is 13.2 Å². The predicted octanol–water partition coefficient (Wildman–Crippen LogP) is 1.22. The maximum absolute atomic E-state index is 10.6. The quantitative estimate of drug-likeness (QED) is 0.447. The highest BCUT2D eigenvalue weighted by Crippen LogP contribution is 1.92. The minimum Gasteiger partial charge on any atom is -0.466 e. The van der Waals surface area contributed by atoms with Crippen LogP contribution in [0.3, 0.4) is 0 Å². The van der Waals surface area contributed by atoms with Crippen molar-refractivity contribution >= 4 is 11.9 Å². The molecular weight excluding hydrogens is 224 g/mol. The van der Waals surface area contributed by atoms with Gasteiger partial charge in [-0.05, 0) is 13.8 Å². The number of carbonyl (C=O) groups excluding carboxylic acids is 2. The molecule has 0 aromatic rings. The molecule has 0 aliphatic heterocycles. The predicted molar refractivity (Wildman–Crippen MR) is 64.3 cm³/mol. The van der Waals surface area contributed by atoms with Gasteiger partial charge < -0.3 is 14.6 Å². The van der Waals surface area contributed by atoms with E-state index in [2.05, 4.69) is 22.6 Å². The molecule has 0 amide bonds. The number of hydrogen-bond donors (Lipinski definition) is 1. The molecule has 0 fully saturated rings. The second kappa shape index (κ2) is 10.9. The maximum atomic E-state index is 10.6. The second-order valence-corrected chi connectivity index (χ2v) is 3.27. The average molecular weight is 244 g/mol. The first-order valence-electron chi connectivity index (χ1n) is 5.04. The number of methoxy groups -OCH3 is 1. The van der Waals surface area contributed by atoms with E-state index < -0.39 is 5.97 Å². The number of ether oxygens (including phenoxy) is 2. The van der Waals surface area contributed by atoms with Crippen molar-refractivity contribution in [1.82, 2.24) is 0 Å². The molecule has 5 heteroatoms. The van der Waals surface area contributed by atoms with Crippen molar-refractivity contribution < 1.29 is 24.2 Å². The molecule has 98 valence electrons. The lowest BCUT2D eigenvalue weighted by atomic mass is 10.4. The Morgan fingerprint density at radius 3 is 1.82 bits per heavy atom. The first kappa shape index (κ1) is 17.8. The van der Waals surface area contributed by atoms with Gasteiger partial charge in [-0.2, -0.15) is 0 Å². The Morgan fingerprint density at radius 2 is 1.59 bits per heavy atom. The number of esters is 2. The van der Waals surface area contributed by atoms with Crippen LogP contribution in [0.1, 0.15) is 20.3 Å². The second-order valence-electron chi connectivity index (χ2n) is 3.27. The van der Waals surface area contributed by atoms with Crippen LogP contribution in [-0.4, -0.2) is 37.4 Å². The zero-order valence-corrected chi connectivity index (χ0v) is 10.6. The normalized spacial score (nSPS) is 8.47. The van der Waals surface area contributed by atoms with Crippen molar-refractivity contribution in [3.63, 3.8) is 0 Å². The van der Waals surface area contributed by atoms with Crippen molar-refractivity contribution in [1.29, 1.82) is 0 Å². The topological polar surface area (TPSA) is 72.8 Å². The Balaban J connectivity index is 0. The molecule has 0 saturated heterocycles. The molecule has 0 aromatic carbocycles. The highest BCUT2D eigenvalue weighted by atomic mass is 16.5. The molecule has 0 saturated carbocycles. The van der Waals surface area contributed by atoms with Crippen molar-refractivity contribution in [2.75, 3.05) is 20.3 Å². The van der Waals surface area contributed by atoms with E-state index in [0.29, 0.717) is 17.6 Å². The molecule has 0 aliphatic carbocycles. The van der Waals surface area contributed by atoms with Gasteiger partial charge >= 0.3 is 11.9 Å². The summed E-state index contributed by atoms with van der Waals surface area (Å²) >= 11 is 0. The molecule has 5 nitrogen and oxygen atoms in total. The van der Waals surface area contributed by atoms with E-state index in [1.54, 1.807) is 13.8 Å². The summed E-state index contributed by atoms with van der Waals surface area (Å²) in [5, 5.41) is 8.30. The number of carbonyl (C=O) groups is 2. The summed E-state index contributed by atoms with van der Waals surface area (Å²) in [4.78, 5) is 20.8. The van der Waals surface area contributed by atoms with Gasteiger partial charge in [-0.3, -0.25) is 0 Å². The van der Waals surface area contributed by atoms with Gasteiger partial charge in [-0.15, -0.1) is 0 Å². The number of aliphatic hydroxyl groups is 1. The van der Waals surface area contributed by atoms with Gasteiger partial charge in [0.2, 0.25) is 0 Å². The lowest BCUT2D eigenvalue weighted by Gasteiger charge is -2.00. The molecule has 0 spiro atoms. The highest BCUT2D eigenvalue weighted by molar-refractivity contribution is 5.87. The van der Waals surface area contributed by atoms with Crippen LogP contribution in [0.25, 0.3) is 0 Å². The minimum atomic E-state index is -0.395. The number of rotatable bonds is 5. The third-order valence-electron chi connectivity index (χ3n) is 1.42. The fraction of sp³-hybridized carbons (Fsp3) is 0.500. The van der Waals surface area contributed by atoms with Gasteiger partial charge in [0.1, 0.15) is 0 Å². The van der Waals surface area contributed by atoms with Crippen LogP contribution in [0.5, 0.6) is 0 Å². The van der Waals surface area contributed by atoms with E-state index in [-0.39, 0.29) is 19.2 Å². The molecule has 17 heavy (non-hydrogen) atoms. The number of aliphatic hydroxyl groups excluding tert-OH is 1. The molecule has 0 heterocycles. The Morgan fingerprint density at radius 1 is 1.12 bits per heavy atom. The highest BCUT2D eigenvalue weighted by Gasteiger charge is 2.00. The van der Waals surface area contributed by atoms with Gasteiger partial charge in [-0.25, -0.2) is 9.59 Å². The molecule has 1 N–H and O–H groups in total. The van der Waals surface area contributed by atoms with E-state index in [0.717, 1.165) is 0 Å². The summed E-state index contributed by atoms with van der Waals surface area (Å²) in [6.07, 6.45) is 0.485. The first-order valence-corrected chi connectivity index (χ1v) is 5.04. The van der Waals surface area contributed by atoms with Crippen molar-refractivity contribution in [2.24, 2.45) is 0 Å². The summed E-state index contributed by atoms with van der Waals surface area (Å²) < 4.78 is 8.92. The van der Waals surface area contributed by atoms with Gasteiger partial charge in [0.15, 0.2) is 0 Å². The van der Waals surface area contributed by atoms with E-state index in [9.17, 15) is 9.59 Å². The van der Waals surface area contributed by atoms with Crippen molar-refractivity contribution in [3.8, 4) is 0 Å². The van der Waals surface area contributed by atoms with Crippen LogP contribution in [0.15, 0.2) is 24.3 Å². The molecular formula is C12H20O5. The zero-order valence-electron chi connectivity index (χ0n) is 10.6. The average Bonchev–Trinajstić information content (AvgIpc) is 2.28. The summed E-state index contributed by atoms with van der Waals surface area (Å²) in [6, 6.07) is 0. The van der Waals surface area contributed by atoms with E-state index in [1.807, 2.05) is 0 Å². The van der Waals surface area contributed by atoms with E-state index >= 15 is 0 Å². The Bertz CT molecular complexity index is 281. The van der Waals surface area contributed by atoms with Crippen LogP contribution in [0, 0.1) is 0 Å². The molecule has 0 bridgehead atoms. The summed E-state index contributed by atoms with van der Waals surface area (Å²) in [7, 11) is 1.33. The van der Waals surface area contributed by atoms with Crippen LogP contribution >= 0.6 is 0 Å². The summed E-state index contributed by atoms with van der Waals surface area (Å²) in [6.45, 7) is 10.2. The van der Waals surface area contributed by atoms with Crippen LogP contribution in [0.2, 0.25) is 0 Å². The van der Waals surface area contributed by atoms with Gasteiger partial charge in [0, 0.05) is 24.2 Å². The minimum absolute atomic E-state index is 0.0451. The third-order valence-corrected chi connectivity index (χ3v) is 1.42. The van der Waals surface area contributed by atoms with E-state index in [1.165, 1.54) is 7.11 Å². The Kier molecular flexibility index (Phi) is 11.4. The molecule has 0 aliphatic rings. The molecule has 0 radical (unpaired) electrons. The fourth-order valence-corrected chi connectivity index (χ4v) is 0.527. The van der Waals surface area contributed by atoms with Crippen LogP contribution < -0.4 is 0 Å². The Labute approximate surface area is 102 Å². The zero-order chi connectivity index (χ0) is 13.8. The summed E-state index contributed by atoms with van der Waals surface area (Å²) in [5.41, 5.74) is 0.820. The molecule has 0 aromatic heterocycles. The number of hydrogen-bond acceptors (Lipinski definition) is 5. The van der Waals surface area contributed by atoms with Gasteiger partial charge in [0.05, 0.1) is 13.7 Å². The summed E-state index contributed by atoms with van der Waals surface area (Å²) in [5.74, 6) is -0.742. The van der Waals surface area contributed by atoms with E-state index in [4.69, 9.17) is 5.11 Å². The smallest absolute Gasteiger partial charge is 0.333 e. The molecule has 0 unspecified atom stereocenters. The van der Waals surface area contributed by atoms with Crippen molar-refractivity contribution in [2.45, 2.75) is 20.3 Å². The maximum Gasteiger partial charge on any atom is 0.333 e. The third kappa shape index (κ3) is 12.3. The standard InChI is InChI=1S/C7H12O3.C5H8O2/c1-6(2)7(9)10-5-3-4-8;1-4(2)5(6)7-3/h8H,1,3-5H2,2H3;1H2,2-3H3. The monoisotopic (exact) mass is 244 g/mol. The lowest BCUT2D eigenvalue weighted by molar-refractivity contribution is -0.139. The van der Waals surface area contributed by atoms with Crippen molar-refractivity contribution in [3.05, 3.63) is 24.3 Å². The van der Waals surface area contributed by atoms with Gasteiger partial charge in [0.25, 0.3) is 0 Å². The van der Waals surface area contributed by atoms with Crippen LogP contribution in [-0.2, 0) is 19.1 Å². The lowest BCUT2D eigenvalue weighted by Crippen LogP contribution is -2.06.